The fourth-order valence-electron chi connectivity index (χ4n) is 2.19. The first kappa shape index (κ1) is 14.5. The SMILES string of the molecule is CC1CNC(C)(C)C(=O)N(CCCN(C)C)C1. The van der Waals surface area contributed by atoms with Crippen LogP contribution >= 0.6 is 0 Å². The van der Waals surface area contributed by atoms with Crippen molar-refractivity contribution in [2.75, 3.05) is 40.3 Å². The third-order valence-electron chi connectivity index (χ3n) is 3.28. The molecule has 1 atom stereocenters. The largest absolute Gasteiger partial charge is 0.341 e. The quantitative estimate of drug-likeness (QED) is 0.790. The molecule has 1 heterocycles. The molecule has 17 heavy (non-hydrogen) atoms. The summed E-state index contributed by atoms with van der Waals surface area (Å²) in [5.41, 5.74) is -0.414. The molecule has 1 unspecified atom stereocenters. The number of hydrogen-bond donors (Lipinski definition) is 1. The molecule has 0 aromatic heterocycles. The van der Waals surface area contributed by atoms with Gasteiger partial charge in [-0.05, 0) is 46.8 Å². The van der Waals surface area contributed by atoms with E-state index in [1.165, 1.54) is 0 Å². The maximum Gasteiger partial charge on any atom is 0.242 e. The van der Waals surface area contributed by atoms with Gasteiger partial charge in [0.05, 0.1) is 5.54 Å². The first-order chi connectivity index (χ1) is 7.83. The summed E-state index contributed by atoms with van der Waals surface area (Å²) in [4.78, 5) is 16.5. The van der Waals surface area contributed by atoms with E-state index in [0.717, 1.165) is 32.6 Å². The predicted octanol–water partition coefficient (Wildman–Crippen LogP) is 0.785. The van der Waals surface area contributed by atoms with E-state index in [0.29, 0.717) is 5.92 Å². The van der Waals surface area contributed by atoms with Crippen molar-refractivity contribution < 1.29 is 4.79 Å². The molecule has 1 saturated heterocycles. The van der Waals surface area contributed by atoms with Gasteiger partial charge in [-0.15, -0.1) is 0 Å². The summed E-state index contributed by atoms with van der Waals surface area (Å²) in [5.74, 6) is 0.765. The lowest BCUT2D eigenvalue weighted by Gasteiger charge is -2.29. The topological polar surface area (TPSA) is 35.6 Å². The van der Waals surface area contributed by atoms with Crippen molar-refractivity contribution in [2.45, 2.75) is 32.7 Å². The minimum absolute atomic E-state index is 0.237. The molecule has 0 aromatic carbocycles. The van der Waals surface area contributed by atoms with Crippen LogP contribution in [0.15, 0.2) is 0 Å². The summed E-state index contributed by atoms with van der Waals surface area (Å²) in [5, 5.41) is 3.35. The van der Waals surface area contributed by atoms with E-state index >= 15 is 0 Å². The van der Waals surface area contributed by atoms with E-state index < -0.39 is 5.54 Å². The maximum atomic E-state index is 12.3. The van der Waals surface area contributed by atoms with Crippen LogP contribution in [0, 0.1) is 5.92 Å². The number of carbonyl (C=O) groups excluding carboxylic acids is 1. The second kappa shape index (κ2) is 5.83. The minimum atomic E-state index is -0.414. The summed E-state index contributed by atoms with van der Waals surface area (Å²) in [6.07, 6.45) is 1.04. The Labute approximate surface area is 105 Å². The van der Waals surface area contributed by atoms with Gasteiger partial charge < -0.3 is 15.1 Å². The molecule has 4 heteroatoms. The molecular formula is C13H27N3O. The van der Waals surface area contributed by atoms with Crippen LogP contribution < -0.4 is 5.32 Å². The van der Waals surface area contributed by atoms with Gasteiger partial charge in [0.1, 0.15) is 0 Å². The fourth-order valence-corrected chi connectivity index (χ4v) is 2.19. The Morgan fingerprint density at radius 2 is 2.12 bits per heavy atom. The minimum Gasteiger partial charge on any atom is -0.341 e. The van der Waals surface area contributed by atoms with E-state index in [-0.39, 0.29) is 5.91 Å². The Hall–Kier alpha value is -0.610. The number of carbonyl (C=O) groups is 1. The highest BCUT2D eigenvalue weighted by Gasteiger charge is 2.34. The molecule has 1 amide bonds. The van der Waals surface area contributed by atoms with Crippen LogP contribution in [-0.2, 0) is 4.79 Å². The Kier molecular flexibility index (Phi) is 4.95. The molecular weight excluding hydrogens is 214 g/mol. The van der Waals surface area contributed by atoms with Gasteiger partial charge >= 0.3 is 0 Å². The van der Waals surface area contributed by atoms with Crippen molar-refractivity contribution in [1.82, 2.24) is 15.1 Å². The van der Waals surface area contributed by atoms with Gasteiger partial charge in [0.25, 0.3) is 0 Å². The first-order valence-electron chi connectivity index (χ1n) is 6.52. The van der Waals surface area contributed by atoms with Gasteiger partial charge in [-0.2, -0.15) is 0 Å². The fraction of sp³-hybridized carbons (Fsp3) is 0.923. The normalized spacial score (nSPS) is 25.2. The Morgan fingerprint density at radius 3 is 2.71 bits per heavy atom. The zero-order valence-electron chi connectivity index (χ0n) is 11.9. The molecule has 100 valence electrons. The van der Waals surface area contributed by atoms with Crippen LogP contribution in [0.1, 0.15) is 27.2 Å². The summed E-state index contributed by atoms with van der Waals surface area (Å²) in [6, 6.07) is 0. The zero-order chi connectivity index (χ0) is 13.1. The molecule has 1 aliphatic rings. The maximum absolute atomic E-state index is 12.3. The number of rotatable bonds is 4. The molecule has 0 radical (unpaired) electrons. The number of nitrogens with one attached hydrogen (secondary N) is 1. The van der Waals surface area contributed by atoms with Crippen LogP contribution in [0.25, 0.3) is 0 Å². The highest BCUT2D eigenvalue weighted by Crippen LogP contribution is 2.15. The van der Waals surface area contributed by atoms with E-state index in [2.05, 4.69) is 31.2 Å². The first-order valence-corrected chi connectivity index (χ1v) is 6.52. The molecule has 0 aromatic rings. The van der Waals surface area contributed by atoms with Gasteiger partial charge in [-0.3, -0.25) is 4.79 Å². The van der Waals surface area contributed by atoms with Gasteiger partial charge in [0.2, 0.25) is 5.91 Å². The summed E-state index contributed by atoms with van der Waals surface area (Å²) >= 11 is 0. The van der Waals surface area contributed by atoms with Crippen molar-refractivity contribution in [3.63, 3.8) is 0 Å². The zero-order valence-corrected chi connectivity index (χ0v) is 11.9. The highest BCUT2D eigenvalue weighted by molar-refractivity contribution is 5.85. The summed E-state index contributed by atoms with van der Waals surface area (Å²) < 4.78 is 0. The van der Waals surface area contributed by atoms with Crippen LogP contribution in [-0.4, -0.2) is 61.5 Å². The lowest BCUT2D eigenvalue weighted by atomic mass is 10.0. The second-order valence-electron chi connectivity index (χ2n) is 6.02. The second-order valence-corrected chi connectivity index (χ2v) is 6.02. The molecule has 1 N–H and O–H groups in total. The van der Waals surface area contributed by atoms with Gasteiger partial charge in [-0.25, -0.2) is 0 Å². The Morgan fingerprint density at radius 1 is 1.47 bits per heavy atom. The average Bonchev–Trinajstić information content (AvgIpc) is 2.31. The van der Waals surface area contributed by atoms with Crippen molar-refractivity contribution in [3.8, 4) is 0 Å². The monoisotopic (exact) mass is 241 g/mol. The van der Waals surface area contributed by atoms with Crippen LogP contribution in [0.5, 0.6) is 0 Å². The molecule has 0 bridgehead atoms. The van der Waals surface area contributed by atoms with Gasteiger partial charge in [0.15, 0.2) is 0 Å². The van der Waals surface area contributed by atoms with Crippen LogP contribution in [0.2, 0.25) is 0 Å². The molecule has 1 aliphatic heterocycles. The van der Waals surface area contributed by atoms with Crippen molar-refractivity contribution in [3.05, 3.63) is 0 Å². The predicted molar refractivity (Wildman–Crippen MR) is 71.0 cm³/mol. The number of hydrogen-bond acceptors (Lipinski definition) is 3. The van der Waals surface area contributed by atoms with Crippen LogP contribution in [0.4, 0.5) is 0 Å². The van der Waals surface area contributed by atoms with E-state index in [1.54, 1.807) is 0 Å². The lowest BCUT2D eigenvalue weighted by Crippen LogP contribution is -2.51. The molecule has 0 saturated carbocycles. The smallest absolute Gasteiger partial charge is 0.242 e. The summed E-state index contributed by atoms with van der Waals surface area (Å²) in [6.45, 7) is 9.85. The van der Waals surface area contributed by atoms with E-state index in [4.69, 9.17) is 0 Å². The van der Waals surface area contributed by atoms with E-state index in [1.807, 2.05) is 18.7 Å². The van der Waals surface area contributed by atoms with Crippen molar-refractivity contribution in [1.29, 1.82) is 0 Å². The lowest BCUT2D eigenvalue weighted by molar-refractivity contribution is -0.136. The Balaban J connectivity index is 2.57. The number of nitrogens with zero attached hydrogens (tertiary/aromatic N) is 2. The molecule has 1 fully saturated rings. The molecule has 0 spiro atoms. The standard InChI is InChI=1S/C13H27N3O/c1-11-9-14-13(2,3)12(17)16(10-11)8-6-7-15(4)5/h11,14H,6-10H2,1-5H3. The molecule has 0 aliphatic carbocycles. The molecule has 1 rings (SSSR count). The Bertz CT molecular complexity index is 263. The van der Waals surface area contributed by atoms with E-state index in [9.17, 15) is 4.79 Å². The highest BCUT2D eigenvalue weighted by atomic mass is 16.2. The van der Waals surface area contributed by atoms with Crippen molar-refractivity contribution >= 4 is 5.91 Å². The number of amides is 1. The average molecular weight is 241 g/mol. The third kappa shape index (κ3) is 4.28. The van der Waals surface area contributed by atoms with Gasteiger partial charge in [0, 0.05) is 19.6 Å². The van der Waals surface area contributed by atoms with Crippen molar-refractivity contribution in [2.24, 2.45) is 5.92 Å². The molecule has 4 nitrogen and oxygen atoms in total. The van der Waals surface area contributed by atoms with Gasteiger partial charge in [-0.1, -0.05) is 6.92 Å². The summed E-state index contributed by atoms with van der Waals surface area (Å²) in [7, 11) is 4.14. The van der Waals surface area contributed by atoms with Crippen LogP contribution in [0.3, 0.4) is 0 Å². The third-order valence-corrected chi connectivity index (χ3v) is 3.28.